The number of hydrogen-bond donors (Lipinski definition) is 1. The molecule has 1 atom stereocenters. The fourth-order valence-corrected chi connectivity index (χ4v) is 6.50. The van der Waals surface area contributed by atoms with Crippen molar-refractivity contribution in [2.24, 2.45) is 0 Å². The number of carbonyl (C=O) groups is 2. The highest BCUT2D eigenvalue weighted by molar-refractivity contribution is 8.00. The zero-order valence-corrected chi connectivity index (χ0v) is 25.5. The van der Waals surface area contributed by atoms with Crippen molar-refractivity contribution in [1.29, 1.82) is 0 Å². The van der Waals surface area contributed by atoms with Crippen LogP contribution in [-0.2, 0) is 16.1 Å². The van der Waals surface area contributed by atoms with Gasteiger partial charge in [0.15, 0.2) is 0 Å². The molecule has 6 rings (SSSR count). The van der Waals surface area contributed by atoms with Crippen molar-refractivity contribution in [1.82, 2.24) is 20.1 Å². The standard InChI is InChI=1S/C34H30FN5O4S/c1-43-26-14-15-28(44-2)27(17-26)33-31-32(23-8-4-3-5-9-23)38-40(25-12-10-24(35)11-13-25)34(31)39(30(42)21-45-33)20-29(41)37-19-22-7-6-16-36-18-22/h3-18,33H,19-21H2,1-2H3,(H,37,41). The summed E-state index contributed by atoms with van der Waals surface area (Å²) < 4.78 is 27.0. The third-order valence-corrected chi connectivity index (χ3v) is 8.68. The third-order valence-electron chi connectivity index (χ3n) is 7.44. The second kappa shape index (κ2) is 13.2. The first-order valence-electron chi connectivity index (χ1n) is 14.2. The Morgan fingerprint density at radius 3 is 2.53 bits per heavy atom. The molecule has 3 aromatic carbocycles. The maximum atomic E-state index is 14.1. The number of rotatable bonds is 9. The SMILES string of the molecule is COc1ccc(OC)c(C2SCC(=O)N(CC(=O)NCc3cccnc3)c3c2c(-c2ccccc2)nn3-c2ccc(F)cc2)c1. The molecule has 2 aromatic heterocycles. The van der Waals surface area contributed by atoms with E-state index in [1.807, 2.05) is 54.6 Å². The van der Waals surface area contributed by atoms with Crippen molar-refractivity contribution in [2.75, 3.05) is 31.4 Å². The van der Waals surface area contributed by atoms with Gasteiger partial charge in [-0.3, -0.25) is 19.5 Å². The number of fused-ring (bicyclic) bond motifs is 1. The summed E-state index contributed by atoms with van der Waals surface area (Å²) in [5, 5.41) is 7.50. The molecule has 1 aliphatic rings. The molecule has 3 heterocycles. The fourth-order valence-electron chi connectivity index (χ4n) is 5.28. The van der Waals surface area contributed by atoms with Crippen LogP contribution in [0.25, 0.3) is 16.9 Å². The van der Waals surface area contributed by atoms with E-state index in [4.69, 9.17) is 14.6 Å². The maximum Gasteiger partial charge on any atom is 0.240 e. The first-order chi connectivity index (χ1) is 22.0. The molecule has 0 aliphatic carbocycles. The average Bonchev–Trinajstić information content (AvgIpc) is 3.41. The summed E-state index contributed by atoms with van der Waals surface area (Å²) in [6, 6.07) is 24.7. The number of pyridine rings is 1. The number of carbonyl (C=O) groups excluding carboxylic acids is 2. The number of methoxy groups -OCH3 is 2. The highest BCUT2D eigenvalue weighted by atomic mass is 32.2. The van der Waals surface area contributed by atoms with Crippen LogP contribution in [0.1, 0.15) is 21.9 Å². The molecule has 228 valence electrons. The Kier molecular flexibility index (Phi) is 8.79. The minimum Gasteiger partial charge on any atom is -0.497 e. The van der Waals surface area contributed by atoms with Crippen molar-refractivity contribution in [3.05, 3.63) is 120 Å². The van der Waals surface area contributed by atoms with Crippen LogP contribution in [0.5, 0.6) is 11.5 Å². The predicted molar refractivity (Wildman–Crippen MR) is 171 cm³/mol. The zero-order valence-electron chi connectivity index (χ0n) is 24.6. The summed E-state index contributed by atoms with van der Waals surface area (Å²) >= 11 is 1.42. The van der Waals surface area contributed by atoms with Gasteiger partial charge in [-0.25, -0.2) is 9.07 Å². The first kappa shape index (κ1) is 29.9. The summed E-state index contributed by atoms with van der Waals surface area (Å²) in [6.07, 6.45) is 3.34. The van der Waals surface area contributed by atoms with Gasteiger partial charge in [-0.1, -0.05) is 36.4 Å². The van der Waals surface area contributed by atoms with E-state index in [0.717, 1.165) is 16.7 Å². The van der Waals surface area contributed by atoms with Crippen LogP contribution in [0, 0.1) is 5.82 Å². The monoisotopic (exact) mass is 623 g/mol. The van der Waals surface area contributed by atoms with Gasteiger partial charge in [-0.05, 0) is 54.1 Å². The molecular weight excluding hydrogens is 593 g/mol. The molecule has 0 bridgehead atoms. The predicted octanol–water partition coefficient (Wildman–Crippen LogP) is 5.58. The van der Waals surface area contributed by atoms with Gasteiger partial charge in [-0.2, -0.15) is 5.10 Å². The van der Waals surface area contributed by atoms with Crippen LogP contribution in [0.4, 0.5) is 10.2 Å². The van der Waals surface area contributed by atoms with E-state index in [1.54, 1.807) is 49.5 Å². The lowest BCUT2D eigenvalue weighted by molar-refractivity contribution is -0.123. The van der Waals surface area contributed by atoms with E-state index in [-0.39, 0.29) is 30.7 Å². The molecule has 5 aromatic rings. The molecule has 0 saturated carbocycles. The fraction of sp³-hybridized carbons (Fsp3) is 0.176. The summed E-state index contributed by atoms with van der Waals surface area (Å²) in [5.74, 6) is 0.705. The van der Waals surface area contributed by atoms with Gasteiger partial charge < -0.3 is 14.8 Å². The van der Waals surface area contributed by atoms with Crippen LogP contribution in [0.15, 0.2) is 97.3 Å². The van der Waals surface area contributed by atoms with Crippen molar-refractivity contribution >= 4 is 29.4 Å². The Bertz CT molecular complexity index is 1820. The Balaban J connectivity index is 1.55. The molecule has 0 radical (unpaired) electrons. The Hall–Kier alpha value is -5.16. The molecule has 1 aliphatic heterocycles. The zero-order chi connectivity index (χ0) is 31.3. The van der Waals surface area contributed by atoms with Crippen LogP contribution in [0.2, 0.25) is 0 Å². The van der Waals surface area contributed by atoms with Gasteiger partial charge in [0.05, 0.1) is 36.6 Å². The Labute approximate surface area is 264 Å². The van der Waals surface area contributed by atoms with Crippen LogP contribution in [0.3, 0.4) is 0 Å². The second-order valence-electron chi connectivity index (χ2n) is 10.3. The highest BCUT2D eigenvalue weighted by Crippen LogP contribution is 2.51. The molecule has 0 fully saturated rings. The van der Waals surface area contributed by atoms with Crippen LogP contribution < -0.4 is 19.7 Å². The quantitative estimate of drug-likeness (QED) is 0.229. The van der Waals surface area contributed by atoms with E-state index >= 15 is 0 Å². The average molecular weight is 624 g/mol. The van der Waals surface area contributed by atoms with Gasteiger partial charge in [0.2, 0.25) is 11.8 Å². The normalized spacial score (nSPS) is 14.4. The van der Waals surface area contributed by atoms with Gasteiger partial charge in [-0.15, -0.1) is 11.8 Å². The summed E-state index contributed by atoms with van der Waals surface area (Å²) in [6.45, 7) is 0.00216. The lowest BCUT2D eigenvalue weighted by Crippen LogP contribution is -2.42. The van der Waals surface area contributed by atoms with Crippen LogP contribution >= 0.6 is 11.8 Å². The van der Waals surface area contributed by atoms with Crippen molar-refractivity contribution in [3.8, 4) is 28.4 Å². The number of nitrogens with zero attached hydrogens (tertiary/aromatic N) is 4. The summed E-state index contributed by atoms with van der Waals surface area (Å²) in [7, 11) is 3.19. The number of anilines is 1. The second-order valence-corrected chi connectivity index (χ2v) is 11.4. The Morgan fingerprint density at radius 1 is 1.02 bits per heavy atom. The number of aromatic nitrogens is 3. The molecule has 2 amide bonds. The van der Waals surface area contributed by atoms with Gasteiger partial charge in [0.1, 0.15) is 29.7 Å². The molecular formula is C34H30FN5O4S. The minimum absolute atomic E-state index is 0.0766. The number of amides is 2. The number of thioether (sulfide) groups is 1. The molecule has 0 saturated heterocycles. The molecule has 9 nitrogen and oxygen atoms in total. The molecule has 1 N–H and O–H groups in total. The number of halogens is 1. The minimum atomic E-state index is -0.443. The van der Waals surface area contributed by atoms with Crippen molar-refractivity contribution < 1.29 is 23.5 Å². The lowest BCUT2D eigenvalue weighted by atomic mass is 9.98. The van der Waals surface area contributed by atoms with Gasteiger partial charge >= 0.3 is 0 Å². The smallest absolute Gasteiger partial charge is 0.240 e. The molecule has 1 unspecified atom stereocenters. The lowest BCUT2D eigenvalue weighted by Gasteiger charge is -2.23. The van der Waals surface area contributed by atoms with Crippen molar-refractivity contribution in [2.45, 2.75) is 11.8 Å². The molecule has 11 heteroatoms. The van der Waals surface area contributed by atoms with Crippen molar-refractivity contribution in [3.63, 3.8) is 0 Å². The number of hydrogen-bond acceptors (Lipinski definition) is 7. The van der Waals surface area contributed by atoms with Crippen LogP contribution in [-0.4, -0.2) is 53.1 Å². The highest BCUT2D eigenvalue weighted by Gasteiger charge is 2.38. The summed E-state index contributed by atoms with van der Waals surface area (Å²) in [4.78, 5) is 33.0. The number of ether oxygens (including phenoxy) is 2. The number of benzene rings is 3. The number of nitrogens with one attached hydrogen (secondary N) is 1. The molecule has 45 heavy (non-hydrogen) atoms. The van der Waals surface area contributed by atoms with E-state index in [1.165, 1.54) is 28.8 Å². The molecule has 0 spiro atoms. The maximum absolute atomic E-state index is 14.1. The topological polar surface area (TPSA) is 98.6 Å². The van der Waals surface area contributed by atoms with E-state index in [9.17, 15) is 14.0 Å². The first-order valence-corrected chi connectivity index (χ1v) is 15.3. The third kappa shape index (κ3) is 6.25. The van der Waals surface area contributed by atoms with E-state index in [2.05, 4.69) is 10.3 Å². The van der Waals surface area contributed by atoms with E-state index in [0.29, 0.717) is 34.3 Å². The Morgan fingerprint density at radius 2 is 1.82 bits per heavy atom. The van der Waals surface area contributed by atoms with Gasteiger partial charge in [0.25, 0.3) is 0 Å². The summed E-state index contributed by atoms with van der Waals surface area (Å²) in [5.41, 5.74) is 4.30. The van der Waals surface area contributed by atoms with E-state index < -0.39 is 11.1 Å². The largest absolute Gasteiger partial charge is 0.497 e. The van der Waals surface area contributed by atoms with Gasteiger partial charge in [0, 0.05) is 35.6 Å².